The van der Waals surface area contributed by atoms with Crippen molar-refractivity contribution in [2.45, 2.75) is 63.2 Å². The van der Waals surface area contributed by atoms with Crippen molar-refractivity contribution in [3.63, 3.8) is 0 Å². The lowest BCUT2D eigenvalue weighted by atomic mass is 10.0. The number of nitrogens with zero attached hydrogens (tertiary/aromatic N) is 3. The molecule has 0 radical (unpaired) electrons. The summed E-state index contributed by atoms with van der Waals surface area (Å²) in [6, 6.07) is 31.7. The molecule has 0 atom stereocenters. The lowest BCUT2D eigenvalue weighted by molar-refractivity contribution is -0.115. The van der Waals surface area contributed by atoms with E-state index in [1.54, 1.807) is 97.3 Å². The number of alkyl halides is 4. The minimum absolute atomic E-state index is 0. The molecule has 20 heteroatoms. The Bertz CT molecular complexity index is 3520. The van der Waals surface area contributed by atoms with Crippen molar-refractivity contribution in [1.82, 2.24) is 20.2 Å². The van der Waals surface area contributed by atoms with E-state index in [9.17, 15) is 36.7 Å². The van der Waals surface area contributed by atoms with Gasteiger partial charge in [-0.1, -0.05) is 47.5 Å². The Kier molecular flexibility index (Phi) is 20.1. The largest absolute Gasteiger partial charge is 0.478 e. The summed E-state index contributed by atoms with van der Waals surface area (Å²) in [7, 11) is 0. The van der Waals surface area contributed by atoms with Crippen molar-refractivity contribution in [2.24, 2.45) is 0 Å². The lowest BCUT2D eigenvalue weighted by Gasteiger charge is -2.31. The van der Waals surface area contributed by atoms with E-state index in [0.29, 0.717) is 82.3 Å². The molecule has 6 heterocycles. The van der Waals surface area contributed by atoms with E-state index in [1.165, 1.54) is 17.1 Å². The summed E-state index contributed by atoms with van der Waals surface area (Å²) in [5.41, 5.74) is 17.9. The minimum atomic E-state index is -2.70. The number of carboxylic acid groups (broad SMARTS) is 1. The van der Waals surface area contributed by atoms with Crippen molar-refractivity contribution in [1.29, 1.82) is 0 Å². The average Bonchev–Trinajstić information content (AvgIpc) is 4.08. The van der Waals surface area contributed by atoms with Gasteiger partial charge in [-0.05, 0) is 143 Å². The van der Waals surface area contributed by atoms with Crippen LogP contribution in [0.25, 0.3) is 56.3 Å². The predicted octanol–water partition coefficient (Wildman–Crippen LogP) is 13.9. The third-order valence-electron chi connectivity index (χ3n) is 13.1. The number of piperidine rings is 2. The Labute approximate surface area is 474 Å². The Morgan fingerprint density at radius 3 is 1.41 bits per heavy atom. The number of allylic oxidation sites excluding steroid dienone is 2. The van der Waals surface area contributed by atoms with Crippen LogP contribution >= 0.6 is 35.6 Å². The number of nitrogens with two attached hydrogens (primary N) is 2. The number of halogens is 7. The van der Waals surface area contributed by atoms with Crippen LogP contribution in [-0.4, -0.2) is 81.4 Å². The van der Waals surface area contributed by atoms with Gasteiger partial charge in [-0.15, -0.1) is 12.4 Å². The number of fused-ring (bicyclic) bond motifs is 2. The Morgan fingerprint density at radius 2 is 1.02 bits per heavy atom. The predicted molar refractivity (Wildman–Crippen MR) is 307 cm³/mol. The molecule has 2 fully saturated rings. The van der Waals surface area contributed by atoms with Gasteiger partial charge in [0.25, 0.3) is 17.8 Å². The van der Waals surface area contributed by atoms with Crippen LogP contribution in [0.15, 0.2) is 143 Å². The Balaban J connectivity index is 0.000000203. The first-order chi connectivity index (χ1) is 37.8. The molecule has 0 unspecified atom stereocenters. The molecule has 2 saturated heterocycles. The fourth-order valence-corrected chi connectivity index (χ4v) is 9.13. The number of amides is 1. The van der Waals surface area contributed by atoms with Crippen LogP contribution in [0.3, 0.4) is 0 Å². The molecule has 8 aromatic rings. The molecule has 416 valence electrons. The van der Waals surface area contributed by atoms with Crippen LogP contribution in [0.4, 0.5) is 29.2 Å². The number of hydrogen-bond acceptors (Lipinski definition) is 11. The molecular weight excluding hydrogens is 1100 g/mol. The summed E-state index contributed by atoms with van der Waals surface area (Å²) in [6.07, 6.45) is 10.4. The van der Waals surface area contributed by atoms with Crippen molar-refractivity contribution < 1.29 is 50.7 Å². The molecule has 6 N–H and O–H groups in total. The minimum Gasteiger partial charge on any atom is -0.478 e. The fourth-order valence-electron chi connectivity index (χ4n) is 8.60. The molecule has 1 amide bonds. The molecule has 10 rings (SSSR count). The Hall–Kier alpha value is -7.83. The van der Waals surface area contributed by atoms with Crippen molar-refractivity contribution in [2.75, 3.05) is 37.6 Å². The summed E-state index contributed by atoms with van der Waals surface area (Å²) < 4.78 is 63.0. The first-order valence-electron chi connectivity index (χ1n) is 25.2. The molecule has 2 aliphatic rings. The zero-order chi connectivity index (χ0) is 56.3. The molecular formula is C60H55Cl3F4N6O7. The van der Waals surface area contributed by atoms with Gasteiger partial charge in [0, 0.05) is 106 Å². The summed E-state index contributed by atoms with van der Waals surface area (Å²) in [5, 5.41) is 14.4. The molecule has 0 bridgehead atoms. The fraction of sp³-hybridized carbons (Fsp3) is 0.233. The number of anilines is 2. The van der Waals surface area contributed by atoms with E-state index >= 15 is 0 Å². The van der Waals surface area contributed by atoms with Crippen LogP contribution in [0.5, 0.6) is 0 Å². The highest BCUT2D eigenvalue weighted by molar-refractivity contribution is 6.35. The van der Waals surface area contributed by atoms with Gasteiger partial charge >= 0.3 is 5.97 Å². The van der Waals surface area contributed by atoms with Crippen LogP contribution in [-0.2, 0) is 22.4 Å². The van der Waals surface area contributed by atoms with Crippen LogP contribution in [0.1, 0.15) is 81.9 Å². The molecule has 13 nitrogen and oxygen atoms in total. The zero-order valence-electron chi connectivity index (χ0n) is 42.9. The molecule has 2 aliphatic heterocycles. The number of likely N-dealkylation sites (tertiary alicyclic amines) is 1. The topological polar surface area (TPSA) is 208 Å². The molecule has 0 spiro atoms. The van der Waals surface area contributed by atoms with Gasteiger partial charge in [-0.3, -0.25) is 14.4 Å². The Morgan fingerprint density at radius 1 is 0.600 bits per heavy atom. The maximum atomic E-state index is 13.4. The monoisotopic (exact) mass is 1150 g/mol. The van der Waals surface area contributed by atoms with E-state index in [4.69, 9.17) is 48.6 Å². The molecule has 4 aromatic heterocycles. The highest BCUT2D eigenvalue weighted by Crippen LogP contribution is 2.36. The number of carbonyl (C=O) groups excluding carboxylic acids is 3. The third kappa shape index (κ3) is 16.6. The molecule has 0 aliphatic carbocycles. The van der Waals surface area contributed by atoms with Gasteiger partial charge in [0.1, 0.15) is 23.2 Å². The summed E-state index contributed by atoms with van der Waals surface area (Å²) in [6.45, 7) is 1.02. The number of rotatable bonds is 14. The standard InChI is InChI=1S/C30H26ClF2N3O3.C25H19ClN2O4.C5H9F2N.ClH/c31-26-17-22(20-3-5-21(6-4-20)29(38)36-13-11-30(32,33)12-14-36)15-23-16-25(39-28(23)26)9-8-24(37)7-1-19-2-10-27(34)35-18-19;26-22-13-18(16-3-5-17(6-4-16)25(30)31)11-19-12-21(32-24(19)22)9-8-20(29)7-1-15-2-10-23(27)28-14-15;6-5(7)1-3-8-4-2-5;/h1-7,10,15-18H,8-9,11-14H2,(H2,34,35);1-7,10-14H,8-9H2,(H2,27,28)(H,30,31);8H,1-4H2;1H/b2*7-1+;;. The number of carbonyl (C=O) groups is 4. The quantitative estimate of drug-likeness (QED) is 0.0592. The number of furan rings is 2. The van der Waals surface area contributed by atoms with Gasteiger partial charge in [0.2, 0.25) is 0 Å². The second kappa shape index (κ2) is 26.9. The molecule has 4 aromatic carbocycles. The summed E-state index contributed by atoms with van der Waals surface area (Å²) in [5.74, 6) is -4.24. The number of aryl methyl sites for hydroxylation is 2. The SMILES string of the molecule is Cl.FC1(F)CCNCC1.Nc1ccc(/C=C/C(=O)CCc2cc3cc(-c4ccc(C(=O)N5CCC(F)(F)CC5)cc4)cc(Cl)c3o2)cn1.Nc1ccc(/C=C/C(=O)CCc2cc3cc(-c4ccc(C(=O)O)cc4)cc(Cl)c3o2)cn1. The highest BCUT2D eigenvalue weighted by Gasteiger charge is 2.36. The number of aromatic carboxylic acids is 1. The van der Waals surface area contributed by atoms with Gasteiger partial charge in [-0.2, -0.15) is 0 Å². The number of benzene rings is 4. The second-order valence-electron chi connectivity index (χ2n) is 19.0. The van der Waals surface area contributed by atoms with Crippen molar-refractivity contribution in [3.05, 3.63) is 178 Å². The van der Waals surface area contributed by atoms with Crippen LogP contribution < -0.4 is 16.8 Å². The van der Waals surface area contributed by atoms with E-state index in [0.717, 1.165) is 44.2 Å². The maximum Gasteiger partial charge on any atom is 0.335 e. The number of pyridine rings is 2. The normalized spacial score (nSPS) is 14.7. The van der Waals surface area contributed by atoms with Gasteiger partial charge in [-0.25, -0.2) is 32.3 Å². The van der Waals surface area contributed by atoms with E-state index in [-0.39, 0.29) is 80.6 Å². The van der Waals surface area contributed by atoms with E-state index < -0.39 is 17.8 Å². The lowest BCUT2D eigenvalue weighted by Crippen LogP contribution is -2.42. The summed E-state index contributed by atoms with van der Waals surface area (Å²) >= 11 is 12.9. The second-order valence-corrected chi connectivity index (χ2v) is 19.8. The summed E-state index contributed by atoms with van der Waals surface area (Å²) in [4.78, 5) is 57.8. The zero-order valence-corrected chi connectivity index (χ0v) is 45.2. The van der Waals surface area contributed by atoms with Crippen molar-refractivity contribution in [3.8, 4) is 22.3 Å². The average molecular weight is 1150 g/mol. The number of nitrogen functional groups attached to an aromatic ring is 2. The number of hydrogen-bond donors (Lipinski definition) is 4. The number of ketones is 2. The number of aromatic nitrogens is 2. The number of nitrogens with one attached hydrogen (secondary N) is 1. The first-order valence-corrected chi connectivity index (χ1v) is 26.0. The van der Waals surface area contributed by atoms with Gasteiger partial charge < -0.3 is 35.6 Å². The highest BCUT2D eigenvalue weighted by atomic mass is 35.5. The molecule has 80 heavy (non-hydrogen) atoms. The van der Waals surface area contributed by atoms with Crippen LogP contribution in [0, 0.1) is 0 Å². The van der Waals surface area contributed by atoms with Crippen LogP contribution in [0.2, 0.25) is 10.0 Å². The van der Waals surface area contributed by atoms with Gasteiger partial charge in [0.15, 0.2) is 22.7 Å². The molecule has 0 saturated carbocycles. The maximum absolute atomic E-state index is 13.4. The van der Waals surface area contributed by atoms with E-state index in [2.05, 4.69) is 15.3 Å². The third-order valence-corrected chi connectivity index (χ3v) is 13.6. The van der Waals surface area contributed by atoms with Crippen molar-refractivity contribution >= 4 is 105 Å². The smallest absolute Gasteiger partial charge is 0.335 e. The van der Waals surface area contributed by atoms with Gasteiger partial charge in [0.05, 0.1) is 15.6 Å². The first kappa shape index (κ1) is 59.8. The number of carboxylic acids is 1. The van der Waals surface area contributed by atoms with E-state index in [1.807, 2.05) is 36.4 Å².